The Hall–Kier alpha value is -1.31. The van der Waals surface area contributed by atoms with Gasteiger partial charge in [-0.3, -0.25) is 5.01 Å². The molecule has 1 heterocycles. The Labute approximate surface area is 104 Å². The molecule has 2 heteroatoms. The topological polar surface area (TPSA) is 15.6 Å². The third kappa shape index (κ3) is 2.87. The quantitative estimate of drug-likeness (QED) is 0.753. The number of hydrogen-bond acceptors (Lipinski definition) is 2. The lowest BCUT2D eigenvalue weighted by Crippen LogP contribution is -2.31. The van der Waals surface area contributed by atoms with Crippen molar-refractivity contribution in [3.05, 3.63) is 35.9 Å². The molecule has 1 aromatic rings. The van der Waals surface area contributed by atoms with Crippen LogP contribution < -0.4 is 0 Å². The lowest BCUT2D eigenvalue weighted by molar-refractivity contribution is 0.179. The number of hydrogen-bond donors (Lipinski definition) is 0. The molecule has 0 saturated heterocycles. The van der Waals surface area contributed by atoms with E-state index in [1.165, 1.54) is 24.8 Å². The Bertz CT molecular complexity index is 358. The van der Waals surface area contributed by atoms with Crippen LogP contribution in [0, 0.1) is 5.92 Å². The molecule has 17 heavy (non-hydrogen) atoms. The van der Waals surface area contributed by atoms with Gasteiger partial charge in [-0.25, -0.2) is 0 Å². The van der Waals surface area contributed by atoms with E-state index < -0.39 is 0 Å². The molecule has 0 unspecified atom stereocenters. The molecule has 2 rings (SSSR count). The third-order valence-corrected chi connectivity index (χ3v) is 3.53. The molecule has 0 N–H and O–H groups in total. The van der Waals surface area contributed by atoms with Crippen molar-refractivity contribution in [2.24, 2.45) is 11.0 Å². The zero-order chi connectivity index (χ0) is 12.1. The number of nitrogens with zero attached hydrogens (tertiary/aromatic N) is 2. The van der Waals surface area contributed by atoms with Gasteiger partial charge in [0, 0.05) is 12.1 Å². The van der Waals surface area contributed by atoms with E-state index in [4.69, 9.17) is 0 Å². The second-order valence-electron chi connectivity index (χ2n) is 4.78. The summed E-state index contributed by atoms with van der Waals surface area (Å²) in [5.41, 5.74) is 1.35. The summed E-state index contributed by atoms with van der Waals surface area (Å²) in [6, 6.07) is 11.2. The molecule has 2 atom stereocenters. The molecular formula is C15H22N2. The van der Waals surface area contributed by atoms with E-state index >= 15 is 0 Å². The average Bonchev–Trinajstić information content (AvgIpc) is 2.74. The van der Waals surface area contributed by atoms with Crippen molar-refractivity contribution in [2.75, 3.05) is 0 Å². The minimum Gasteiger partial charge on any atom is -0.289 e. The van der Waals surface area contributed by atoms with Crippen LogP contribution in [0.1, 0.15) is 38.7 Å². The second kappa shape index (κ2) is 5.85. The molecule has 0 amide bonds. The minimum atomic E-state index is 0.602. The molecule has 0 spiro atoms. The van der Waals surface area contributed by atoms with Crippen LogP contribution in [0.5, 0.6) is 0 Å². The zero-order valence-corrected chi connectivity index (χ0v) is 10.8. The zero-order valence-electron chi connectivity index (χ0n) is 10.8. The lowest BCUT2D eigenvalue weighted by Gasteiger charge is -2.27. The molecule has 0 aliphatic carbocycles. The Morgan fingerprint density at radius 1 is 1.18 bits per heavy atom. The molecule has 0 fully saturated rings. The van der Waals surface area contributed by atoms with E-state index in [1.54, 1.807) is 0 Å². The highest BCUT2D eigenvalue weighted by molar-refractivity contribution is 5.63. The van der Waals surface area contributed by atoms with E-state index in [1.807, 2.05) is 0 Å². The van der Waals surface area contributed by atoms with Gasteiger partial charge in [-0.1, -0.05) is 50.6 Å². The van der Waals surface area contributed by atoms with E-state index in [-0.39, 0.29) is 0 Å². The van der Waals surface area contributed by atoms with Crippen LogP contribution in [-0.4, -0.2) is 17.3 Å². The molecule has 2 nitrogen and oxygen atoms in total. The molecule has 0 bridgehead atoms. The Morgan fingerprint density at radius 2 is 1.94 bits per heavy atom. The summed E-state index contributed by atoms with van der Waals surface area (Å²) in [5, 5.41) is 6.86. The van der Waals surface area contributed by atoms with Crippen LogP contribution in [0.2, 0.25) is 0 Å². The summed E-state index contributed by atoms with van der Waals surface area (Å²) in [6.07, 6.45) is 5.81. The monoisotopic (exact) mass is 230 g/mol. The maximum Gasteiger partial charge on any atom is 0.0614 e. The van der Waals surface area contributed by atoms with Gasteiger partial charge >= 0.3 is 0 Å². The first kappa shape index (κ1) is 12.2. The van der Waals surface area contributed by atoms with Crippen LogP contribution in [-0.2, 0) is 6.54 Å². The third-order valence-electron chi connectivity index (χ3n) is 3.53. The van der Waals surface area contributed by atoms with Crippen LogP contribution in [0.3, 0.4) is 0 Å². The highest BCUT2D eigenvalue weighted by atomic mass is 15.5. The smallest absolute Gasteiger partial charge is 0.0614 e. The predicted octanol–water partition coefficient (Wildman–Crippen LogP) is 3.68. The van der Waals surface area contributed by atoms with Gasteiger partial charge in [0.05, 0.1) is 12.6 Å². The molecule has 1 aliphatic heterocycles. The van der Waals surface area contributed by atoms with Gasteiger partial charge in [0.15, 0.2) is 0 Å². The van der Waals surface area contributed by atoms with Crippen molar-refractivity contribution in [1.82, 2.24) is 5.01 Å². The van der Waals surface area contributed by atoms with Crippen molar-refractivity contribution < 1.29 is 0 Å². The summed E-state index contributed by atoms with van der Waals surface area (Å²) in [6.45, 7) is 5.45. The van der Waals surface area contributed by atoms with Crippen LogP contribution in [0.15, 0.2) is 35.4 Å². The average molecular weight is 230 g/mol. The molecular weight excluding hydrogens is 208 g/mol. The van der Waals surface area contributed by atoms with Gasteiger partial charge in [-0.15, -0.1) is 0 Å². The summed E-state index contributed by atoms with van der Waals surface area (Å²) in [5.74, 6) is 0.638. The molecule has 0 radical (unpaired) electrons. The van der Waals surface area contributed by atoms with Gasteiger partial charge in [0.1, 0.15) is 0 Å². The Balaban J connectivity index is 2.03. The number of hydrazone groups is 1. The van der Waals surface area contributed by atoms with Gasteiger partial charge in [0.2, 0.25) is 0 Å². The van der Waals surface area contributed by atoms with Crippen molar-refractivity contribution in [2.45, 2.75) is 45.7 Å². The largest absolute Gasteiger partial charge is 0.289 e. The predicted molar refractivity (Wildman–Crippen MR) is 73.0 cm³/mol. The minimum absolute atomic E-state index is 0.602. The van der Waals surface area contributed by atoms with Crippen molar-refractivity contribution >= 4 is 6.21 Å². The summed E-state index contributed by atoms with van der Waals surface area (Å²) in [4.78, 5) is 0. The Kier molecular flexibility index (Phi) is 4.18. The summed E-state index contributed by atoms with van der Waals surface area (Å²) < 4.78 is 0. The van der Waals surface area contributed by atoms with E-state index in [9.17, 15) is 0 Å². The van der Waals surface area contributed by atoms with E-state index in [2.05, 4.69) is 60.5 Å². The molecule has 0 saturated carbocycles. The normalized spacial score (nSPS) is 23.3. The van der Waals surface area contributed by atoms with Crippen molar-refractivity contribution in [1.29, 1.82) is 0 Å². The SMILES string of the molecule is CCC[C@@H]1[C@@H](CC)C=NN1Cc1ccccc1. The summed E-state index contributed by atoms with van der Waals surface area (Å²) in [7, 11) is 0. The van der Waals surface area contributed by atoms with Crippen molar-refractivity contribution in [3.8, 4) is 0 Å². The molecule has 92 valence electrons. The molecule has 1 aromatic carbocycles. The lowest BCUT2D eigenvalue weighted by atomic mass is 9.95. The van der Waals surface area contributed by atoms with Crippen LogP contribution in [0.25, 0.3) is 0 Å². The molecule has 0 aromatic heterocycles. The fourth-order valence-corrected chi connectivity index (χ4v) is 2.54. The second-order valence-corrected chi connectivity index (χ2v) is 4.78. The van der Waals surface area contributed by atoms with Gasteiger partial charge in [-0.2, -0.15) is 5.10 Å². The summed E-state index contributed by atoms with van der Waals surface area (Å²) >= 11 is 0. The first-order chi connectivity index (χ1) is 8.35. The van der Waals surface area contributed by atoms with Gasteiger partial charge < -0.3 is 0 Å². The fraction of sp³-hybridized carbons (Fsp3) is 0.533. The maximum absolute atomic E-state index is 4.59. The standard InChI is InChI=1S/C15H22N2/c1-3-8-15-14(4-2)11-16-17(15)12-13-9-6-5-7-10-13/h5-7,9-11,14-15H,3-4,8,12H2,1-2H3/t14-,15+/m0/s1. The van der Waals surface area contributed by atoms with Crippen LogP contribution in [0.4, 0.5) is 0 Å². The maximum atomic E-state index is 4.59. The highest BCUT2D eigenvalue weighted by Gasteiger charge is 2.28. The molecule has 1 aliphatic rings. The fourth-order valence-electron chi connectivity index (χ4n) is 2.54. The highest BCUT2D eigenvalue weighted by Crippen LogP contribution is 2.25. The Morgan fingerprint density at radius 3 is 2.59 bits per heavy atom. The van der Waals surface area contributed by atoms with Crippen molar-refractivity contribution in [3.63, 3.8) is 0 Å². The number of rotatable bonds is 5. The van der Waals surface area contributed by atoms with Crippen LogP contribution >= 0.6 is 0 Å². The van der Waals surface area contributed by atoms with E-state index in [0.717, 1.165) is 6.54 Å². The van der Waals surface area contributed by atoms with Gasteiger partial charge in [0.25, 0.3) is 0 Å². The first-order valence-electron chi connectivity index (χ1n) is 6.69. The first-order valence-corrected chi connectivity index (χ1v) is 6.69. The van der Waals surface area contributed by atoms with Gasteiger partial charge in [-0.05, 0) is 18.4 Å². The van der Waals surface area contributed by atoms with E-state index in [0.29, 0.717) is 12.0 Å². The number of benzene rings is 1.